The highest BCUT2D eigenvalue weighted by molar-refractivity contribution is 6.07. The monoisotopic (exact) mass is 416 g/mol. The molecule has 2 aliphatic rings. The van der Waals surface area contributed by atoms with Gasteiger partial charge in [-0.1, -0.05) is 42.5 Å². The van der Waals surface area contributed by atoms with Gasteiger partial charge in [-0.2, -0.15) is 0 Å². The number of anilines is 1. The van der Waals surface area contributed by atoms with Gasteiger partial charge in [0.05, 0.1) is 13.0 Å². The Balaban J connectivity index is 1.55. The molecule has 2 aromatic carbocycles. The lowest BCUT2D eigenvalue weighted by Gasteiger charge is -2.33. The van der Waals surface area contributed by atoms with E-state index in [-0.39, 0.29) is 24.8 Å². The number of nitrogens with one attached hydrogen (secondary N) is 1. The molecule has 0 saturated carbocycles. The Morgan fingerprint density at radius 3 is 2.65 bits per heavy atom. The number of aliphatic hydroxyl groups is 1. The number of fused-ring (bicyclic) bond motifs is 2. The molecule has 0 unspecified atom stereocenters. The minimum Gasteiger partial charge on any atom is -0.392 e. The minimum absolute atomic E-state index is 0.0291. The van der Waals surface area contributed by atoms with Crippen LogP contribution in [0.2, 0.25) is 0 Å². The Bertz CT molecular complexity index is 1150. The number of imidazole rings is 1. The molecule has 2 atom stereocenters. The van der Waals surface area contributed by atoms with Gasteiger partial charge in [0.2, 0.25) is 11.8 Å². The van der Waals surface area contributed by atoms with Crippen LogP contribution in [0.3, 0.4) is 0 Å². The van der Waals surface area contributed by atoms with Crippen LogP contribution in [0.25, 0.3) is 0 Å². The van der Waals surface area contributed by atoms with Crippen molar-refractivity contribution in [1.29, 1.82) is 0 Å². The summed E-state index contributed by atoms with van der Waals surface area (Å²) in [6.07, 6.45) is 4.32. The molecule has 31 heavy (non-hydrogen) atoms. The fourth-order valence-electron chi connectivity index (χ4n) is 4.99. The lowest BCUT2D eigenvalue weighted by atomic mass is 9.74. The number of hydrogen-bond acceptors (Lipinski definition) is 4. The normalized spacial score (nSPS) is 22.1. The largest absolute Gasteiger partial charge is 0.392 e. The number of rotatable bonds is 4. The highest BCUT2D eigenvalue weighted by atomic mass is 16.3. The van der Waals surface area contributed by atoms with Crippen LogP contribution in [0.5, 0.6) is 0 Å². The van der Waals surface area contributed by atoms with Gasteiger partial charge < -0.3 is 19.9 Å². The van der Waals surface area contributed by atoms with Crippen LogP contribution in [-0.4, -0.2) is 37.9 Å². The van der Waals surface area contributed by atoms with Crippen LogP contribution in [-0.2, 0) is 35.1 Å². The maximum absolute atomic E-state index is 13.5. The van der Waals surface area contributed by atoms with Crippen LogP contribution in [0, 0.1) is 0 Å². The second-order valence-electron chi connectivity index (χ2n) is 8.26. The second-order valence-corrected chi connectivity index (χ2v) is 8.26. The first kappa shape index (κ1) is 19.5. The maximum atomic E-state index is 13.5. The molecule has 2 N–H and O–H groups in total. The van der Waals surface area contributed by atoms with Crippen molar-refractivity contribution in [3.63, 3.8) is 0 Å². The van der Waals surface area contributed by atoms with Crippen LogP contribution in [0.15, 0.2) is 60.9 Å². The van der Waals surface area contributed by atoms with Crippen molar-refractivity contribution in [2.45, 2.75) is 30.9 Å². The molecule has 2 amide bonds. The number of carbonyl (C=O) groups excluding carboxylic acids is 2. The van der Waals surface area contributed by atoms with Gasteiger partial charge in [0.25, 0.3) is 0 Å². The summed E-state index contributed by atoms with van der Waals surface area (Å²) in [6, 6.07) is 14.6. The summed E-state index contributed by atoms with van der Waals surface area (Å²) in [4.78, 5) is 33.2. The summed E-state index contributed by atoms with van der Waals surface area (Å²) in [5, 5.41) is 12.3. The van der Waals surface area contributed by atoms with Crippen molar-refractivity contribution < 1.29 is 14.7 Å². The van der Waals surface area contributed by atoms with Crippen molar-refractivity contribution >= 4 is 17.5 Å². The number of aryl methyl sites for hydroxylation is 1. The van der Waals surface area contributed by atoms with E-state index in [9.17, 15) is 14.7 Å². The summed E-state index contributed by atoms with van der Waals surface area (Å²) in [5.74, 6) is 0.580. The molecule has 1 saturated heterocycles. The highest BCUT2D eigenvalue weighted by Crippen LogP contribution is 2.54. The van der Waals surface area contributed by atoms with Crippen LogP contribution < -0.4 is 5.32 Å². The van der Waals surface area contributed by atoms with E-state index in [1.54, 1.807) is 6.20 Å². The third kappa shape index (κ3) is 2.96. The van der Waals surface area contributed by atoms with Crippen molar-refractivity contribution in [1.82, 2.24) is 14.5 Å². The zero-order valence-electron chi connectivity index (χ0n) is 17.3. The number of hydrogen-bond donors (Lipinski definition) is 2. The van der Waals surface area contributed by atoms with E-state index in [4.69, 9.17) is 0 Å². The van der Waals surface area contributed by atoms with E-state index in [2.05, 4.69) is 10.3 Å². The lowest BCUT2D eigenvalue weighted by molar-refractivity contribution is -0.133. The molecule has 1 aromatic heterocycles. The standard InChI is InChI=1S/C24H24N4O3/c1-27-13-11-25-22(27)21-24(18-4-2-3-5-19(18)26-23(24)31)10-12-28(21)20(30)14-16-6-8-17(15-29)9-7-16/h2-9,11,13,21,29H,10,12,14-15H2,1H3,(H,26,31)/t21-,24+/m0/s1. The van der Waals surface area contributed by atoms with E-state index in [0.29, 0.717) is 18.8 Å². The third-order valence-corrected chi connectivity index (χ3v) is 6.57. The minimum atomic E-state index is -0.855. The van der Waals surface area contributed by atoms with Crippen molar-refractivity contribution in [3.8, 4) is 0 Å². The quantitative estimate of drug-likeness (QED) is 0.683. The molecule has 2 aliphatic heterocycles. The number of para-hydroxylation sites is 1. The topological polar surface area (TPSA) is 87.5 Å². The van der Waals surface area contributed by atoms with Crippen LogP contribution in [0.4, 0.5) is 5.69 Å². The molecule has 5 rings (SSSR count). The SMILES string of the molecule is Cn1ccnc1[C@@H]1N(C(=O)Cc2ccc(CO)cc2)CC[C@]12C(=O)Nc1ccccc12. The van der Waals surface area contributed by atoms with E-state index >= 15 is 0 Å². The smallest absolute Gasteiger partial charge is 0.237 e. The summed E-state index contributed by atoms with van der Waals surface area (Å²) in [5.41, 5.74) is 2.56. The average Bonchev–Trinajstić information content (AvgIpc) is 3.45. The molecule has 1 fully saturated rings. The van der Waals surface area contributed by atoms with Gasteiger partial charge in [-0.3, -0.25) is 9.59 Å². The molecular formula is C24H24N4O3. The third-order valence-electron chi connectivity index (χ3n) is 6.57. The van der Waals surface area contributed by atoms with Crippen molar-refractivity contribution in [2.75, 3.05) is 11.9 Å². The summed E-state index contributed by atoms with van der Waals surface area (Å²) >= 11 is 0. The van der Waals surface area contributed by atoms with Crippen LogP contribution in [0.1, 0.15) is 35.0 Å². The number of benzene rings is 2. The van der Waals surface area contributed by atoms with Gasteiger partial charge in [-0.25, -0.2) is 4.98 Å². The first-order valence-electron chi connectivity index (χ1n) is 10.4. The molecule has 0 aliphatic carbocycles. The number of amides is 2. The van der Waals surface area contributed by atoms with Crippen molar-refractivity contribution in [3.05, 3.63) is 83.4 Å². The fraction of sp³-hybridized carbons (Fsp3) is 0.292. The number of likely N-dealkylation sites (tertiary alicyclic amines) is 1. The molecule has 0 bridgehead atoms. The summed E-state index contributed by atoms with van der Waals surface area (Å²) in [7, 11) is 1.89. The first-order valence-corrected chi connectivity index (χ1v) is 10.4. The predicted octanol–water partition coefficient (Wildman–Crippen LogP) is 2.32. The fourth-order valence-corrected chi connectivity index (χ4v) is 4.99. The van der Waals surface area contributed by atoms with E-state index < -0.39 is 11.5 Å². The van der Waals surface area contributed by atoms with E-state index in [1.165, 1.54) is 0 Å². The Hall–Kier alpha value is -3.45. The number of aliphatic hydroxyl groups excluding tert-OH is 1. The molecule has 1 spiro atoms. The molecule has 7 nitrogen and oxygen atoms in total. The number of carbonyl (C=O) groups is 2. The Kier molecular flexibility index (Phi) is 4.63. The lowest BCUT2D eigenvalue weighted by Crippen LogP contribution is -2.44. The van der Waals surface area contributed by atoms with Gasteiger partial charge in [-0.15, -0.1) is 0 Å². The first-order chi connectivity index (χ1) is 15.0. The van der Waals surface area contributed by atoms with Gasteiger partial charge in [0.15, 0.2) is 0 Å². The van der Waals surface area contributed by atoms with Gasteiger partial charge in [-0.05, 0) is 29.2 Å². The van der Waals surface area contributed by atoms with Gasteiger partial charge >= 0.3 is 0 Å². The number of aromatic nitrogens is 2. The summed E-state index contributed by atoms with van der Waals surface area (Å²) < 4.78 is 1.89. The molecule has 3 aromatic rings. The Morgan fingerprint density at radius 1 is 1.19 bits per heavy atom. The Morgan fingerprint density at radius 2 is 1.94 bits per heavy atom. The molecule has 3 heterocycles. The van der Waals surface area contributed by atoms with Gasteiger partial charge in [0, 0.05) is 31.7 Å². The molecule has 158 valence electrons. The van der Waals surface area contributed by atoms with E-state index in [0.717, 1.165) is 22.4 Å². The van der Waals surface area contributed by atoms with Crippen molar-refractivity contribution in [2.24, 2.45) is 7.05 Å². The maximum Gasteiger partial charge on any atom is 0.237 e. The average molecular weight is 416 g/mol. The summed E-state index contributed by atoms with van der Waals surface area (Å²) in [6.45, 7) is 0.450. The predicted molar refractivity (Wildman–Crippen MR) is 115 cm³/mol. The van der Waals surface area contributed by atoms with E-state index in [1.807, 2.05) is 71.2 Å². The molecular weight excluding hydrogens is 392 g/mol. The zero-order chi connectivity index (χ0) is 21.6. The highest BCUT2D eigenvalue weighted by Gasteiger charge is 2.60. The zero-order valence-corrected chi connectivity index (χ0v) is 17.3. The molecule has 7 heteroatoms. The van der Waals surface area contributed by atoms with Gasteiger partial charge in [0.1, 0.15) is 17.3 Å². The Labute approximate surface area is 180 Å². The number of nitrogens with zero attached hydrogens (tertiary/aromatic N) is 3. The van der Waals surface area contributed by atoms with Crippen LogP contribution >= 0.6 is 0 Å². The second kappa shape index (κ2) is 7.35. The molecule has 0 radical (unpaired) electrons.